The molecule has 0 atom stereocenters. The van der Waals surface area contributed by atoms with E-state index in [2.05, 4.69) is 15.3 Å². The number of halogens is 1. The number of hydrogen-bond acceptors (Lipinski definition) is 7. The van der Waals surface area contributed by atoms with E-state index < -0.39 is 0 Å². The van der Waals surface area contributed by atoms with Gasteiger partial charge in [-0.25, -0.2) is 14.8 Å². The molecule has 0 aliphatic rings. The van der Waals surface area contributed by atoms with Crippen molar-refractivity contribution in [2.45, 2.75) is 20.3 Å². The van der Waals surface area contributed by atoms with E-state index in [1.54, 1.807) is 7.11 Å². The van der Waals surface area contributed by atoms with E-state index in [1.165, 1.54) is 11.3 Å². The van der Waals surface area contributed by atoms with Crippen LogP contribution >= 0.6 is 22.9 Å². The molecule has 2 aromatic heterocycles. The molecule has 0 spiro atoms. The summed E-state index contributed by atoms with van der Waals surface area (Å²) in [5.41, 5.74) is 0.803. The van der Waals surface area contributed by atoms with Crippen molar-refractivity contribution in [3.63, 3.8) is 0 Å². The quantitative estimate of drug-likeness (QED) is 0.472. The number of anilines is 1. The molecule has 120 valence electrons. The fraction of sp³-hybridized carbons (Fsp3) is 0.500. The first-order valence-corrected chi connectivity index (χ1v) is 8.14. The Balaban J connectivity index is 2.40. The maximum absolute atomic E-state index is 12.1. The van der Waals surface area contributed by atoms with Gasteiger partial charge in [0.05, 0.1) is 18.6 Å². The van der Waals surface area contributed by atoms with Crippen LogP contribution in [0.3, 0.4) is 0 Å². The van der Waals surface area contributed by atoms with Crippen molar-refractivity contribution in [2.75, 3.05) is 32.2 Å². The Morgan fingerprint density at radius 3 is 2.82 bits per heavy atom. The monoisotopic (exact) mass is 343 g/mol. The lowest BCUT2D eigenvalue weighted by Crippen LogP contribution is -2.10. The van der Waals surface area contributed by atoms with Gasteiger partial charge in [-0.05, 0) is 30.5 Å². The van der Waals surface area contributed by atoms with Crippen molar-refractivity contribution >= 4 is 44.9 Å². The van der Waals surface area contributed by atoms with Crippen molar-refractivity contribution in [1.82, 2.24) is 9.97 Å². The molecule has 0 fully saturated rings. The Morgan fingerprint density at radius 1 is 1.36 bits per heavy atom. The summed E-state index contributed by atoms with van der Waals surface area (Å²) in [6.07, 6.45) is 0.783. The molecule has 22 heavy (non-hydrogen) atoms. The lowest BCUT2D eigenvalue weighted by molar-refractivity contribution is 0.0510. The minimum Gasteiger partial charge on any atom is -0.462 e. The molecule has 2 aromatic rings. The molecule has 2 heterocycles. The highest BCUT2D eigenvalue weighted by Crippen LogP contribution is 2.35. The zero-order valence-electron chi connectivity index (χ0n) is 12.7. The predicted octanol–water partition coefficient (Wildman–Crippen LogP) is 3.28. The first kappa shape index (κ1) is 16.9. The third kappa shape index (κ3) is 3.66. The Hall–Kier alpha value is -1.44. The number of esters is 1. The normalized spacial score (nSPS) is 10.9. The van der Waals surface area contributed by atoms with Gasteiger partial charge >= 0.3 is 5.97 Å². The zero-order valence-corrected chi connectivity index (χ0v) is 14.3. The fourth-order valence-electron chi connectivity index (χ4n) is 1.97. The second kappa shape index (κ2) is 7.71. The molecule has 0 amide bonds. The van der Waals surface area contributed by atoms with Gasteiger partial charge in [0, 0.05) is 13.7 Å². The standard InChI is InChI=1S/C14H18ClN3O3S/c1-4-6-21-13(19)10-8(2)9-11(16-5-7-20-3)17-14(15)18-12(9)22-10/h4-7H2,1-3H3,(H,16,17,18). The van der Waals surface area contributed by atoms with E-state index in [1.807, 2.05) is 13.8 Å². The second-order valence-electron chi connectivity index (χ2n) is 4.63. The second-order valence-corrected chi connectivity index (χ2v) is 5.97. The van der Waals surface area contributed by atoms with Crippen LogP contribution in [-0.2, 0) is 9.47 Å². The topological polar surface area (TPSA) is 73.3 Å². The minimum atomic E-state index is -0.332. The molecule has 0 aromatic carbocycles. The van der Waals surface area contributed by atoms with Crippen LogP contribution in [0.15, 0.2) is 0 Å². The molecule has 0 aliphatic carbocycles. The number of ether oxygens (including phenoxy) is 2. The molecule has 1 N–H and O–H groups in total. The Bertz CT molecular complexity index is 675. The van der Waals surface area contributed by atoms with Crippen molar-refractivity contribution < 1.29 is 14.3 Å². The van der Waals surface area contributed by atoms with Crippen LogP contribution in [-0.4, -0.2) is 42.8 Å². The third-order valence-electron chi connectivity index (χ3n) is 2.98. The highest BCUT2D eigenvalue weighted by Gasteiger charge is 2.21. The van der Waals surface area contributed by atoms with Crippen LogP contribution < -0.4 is 5.32 Å². The molecule has 0 saturated carbocycles. The summed E-state index contributed by atoms with van der Waals surface area (Å²) in [5.74, 6) is 0.275. The number of carbonyl (C=O) groups is 1. The highest BCUT2D eigenvalue weighted by molar-refractivity contribution is 7.20. The van der Waals surface area contributed by atoms with Crippen LogP contribution in [0.5, 0.6) is 0 Å². The highest BCUT2D eigenvalue weighted by atomic mass is 35.5. The lowest BCUT2D eigenvalue weighted by atomic mass is 10.2. The van der Waals surface area contributed by atoms with Crippen LogP contribution in [0.4, 0.5) is 5.82 Å². The van der Waals surface area contributed by atoms with E-state index in [4.69, 9.17) is 21.1 Å². The van der Waals surface area contributed by atoms with Crippen LogP contribution in [0.2, 0.25) is 5.28 Å². The molecule has 0 saturated heterocycles. The van der Waals surface area contributed by atoms with Gasteiger partial charge in [-0.1, -0.05) is 6.92 Å². The Labute approximate surface area is 137 Å². The minimum absolute atomic E-state index is 0.141. The van der Waals surface area contributed by atoms with Crippen LogP contribution in [0.25, 0.3) is 10.2 Å². The number of nitrogens with one attached hydrogen (secondary N) is 1. The van der Waals surface area contributed by atoms with Gasteiger partial charge in [-0.15, -0.1) is 11.3 Å². The van der Waals surface area contributed by atoms with Gasteiger partial charge in [0.25, 0.3) is 0 Å². The van der Waals surface area contributed by atoms with E-state index in [-0.39, 0.29) is 11.3 Å². The van der Waals surface area contributed by atoms with Gasteiger partial charge in [0.15, 0.2) is 0 Å². The molecular formula is C14H18ClN3O3S. The van der Waals surface area contributed by atoms with E-state index in [9.17, 15) is 4.79 Å². The lowest BCUT2D eigenvalue weighted by Gasteiger charge is -2.07. The van der Waals surface area contributed by atoms with Gasteiger partial charge in [0.2, 0.25) is 5.28 Å². The summed E-state index contributed by atoms with van der Waals surface area (Å²) in [7, 11) is 1.63. The molecule has 0 radical (unpaired) electrons. The summed E-state index contributed by atoms with van der Waals surface area (Å²) < 4.78 is 10.2. The average Bonchev–Trinajstić information content (AvgIpc) is 2.82. The number of carbonyl (C=O) groups excluding carboxylic acids is 1. The molecule has 2 rings (SSSR count). The van der Waals surface area contributed by atoms with E-state index in [0.717, 1.165) is 17.4 Å². The largest absolute Gasteiger partial charge is 0.462 e. The molecule has 0 aliphatic heterocycles. The summed E-state index contributed by atoms with van der Waals surface area (Å²) in [5, 5.41) is 4.10. The average molecular weight is 344 g/mol. The SMILES string of the molecule is CCCOC(=O)c1sc2nc(Cl)nc(NCCOC)c2c1C. The molecular weight excluding hydrogens is 326 g/mol. The third-order valence-corrected chi connectivity index (χ3v) is 4.32. The van der Waals surface area contributed by atoms with Crippen molar-refractivity contribution in [2.24, 2.45) is 0 Å². The van der Waals surface area contributed by atoms with Gasteiger partial charge in [-0.2, -0.15) is 0 Å². The number of fused-ring (bicyclic) bond motifs is 1. The number of aromatic nitrogens is 2. The predicted molar refractivity (Wildman–Crippen MR) is 88.1 cm³/mol. The number of hydrogen-bond donors (Lipinski definition) is 1. The van der Waals surface area contributed by atoms with Crippen LogP contribution in [0.1, 0.15) is 28.6 Å². The van der Waals surface area contributed by atoms with Crippen molar-refractivity contribution in [3.8, 4) is 0 Å². The fourth-order valence-corrected chi connectivity index (χ4v) is 3.26. The number of nitrogens with zero attached hydrogens (tertiary/aromatic N) is 2. The van der Waals surface area contributed by atoms with Gasteiger partial charge < -0.3 is 14.8 Å². The molecule has 0 unspecified atom stereocenters. The first-order chi connectivity index (χ1) is 10.6. The van der Waals surface area contributed by atoms with Crippen molar-refractivity contribution in [1.29, 1.82) is 0 Å². The summed E-state index contributed by atoms with van der Waals surface area (Å²) in [6.45, 7) is 5.34. The van der Waals surface area contributed by atoms with E-state index >= 15 is 0 Å². The molecule has 8 heteroatoms. The van der Waals surface area contributed by atoms with Crippen LogP contribution in [0, 0.1) is 6.92 Å². The zero-order chi connectivity index (χ0) is 16.1. The van der Waals surface area contributed by atoms with Gasteiger partial charge in [-0.3, -0.25) is 0 Å². The summed E-state index contributed by atoms with van der Waals surface area (Å²) in [4.78, 5) is 21.7. The smallest absolute Gasteiger partial charge is 0.348 e. The van der Waals surface area contributed by atoms with Gasteiger partial charge in [0.1, 0.15) is 15.5 Å². The maximum atomic E-state index is 12.1. The van der Waals surface area contributed by atoms with E-state index in [0.29, 0.717) is 35.3 Å². The number of rotatable bonds is 7. The molecule has 6 nitrogen and oxygen atoms in total. The number of methoxy groups -OCH3 is 1. The number of aryl methyl sites for hydroxylation is 1. The Kier molecular flexibility index (Phi) is 5.93. The maximum Gasteiger partial charge on any atom is 0.348 e. The number of thiophene rings is 1. The Morgan fingerprint density at radius 2 is 2.14 bits per heavy atom. The summed E-state index contributed by atoms with van der Waals surface area (Å²) >= 11 is 7.23. The summed E-state index contributed by atoms with van der Waals surface area (Å²) in [6, 6.07) is 0. The molecule has 0 bridgehead atoms. The van der Waals surface area contributed by atoms with Crippen molar-refractivity contribution in [3.05, 3.63) is 15.7 Å². The first-order valence-electron chi connectivity index (χ1n) is 6.95.